The van der Waals surface area contributed by atoms with Crippen LogP contribution in [-0.4, -0.2) is 38.4 Å². The van der Waals surface area contributed by atoms with Gasteiger partial charge in [-0.15, -0.1) is 0 Å². The first-order valence-corrected chi connectivity index (χ1v) is 9.00. The summed E-state index contributed by atoms with van der Waals surface area (Å²) in [6, 6.07) is 0. The van der Waals surface area contributed by atoms with Gasteiger partial charge in [0.25, 0.3) is 0 Å². The summed E-state index contributed by atoms with van der Waals surface area (Å²) in [6.45, 7) is 9.71. The molecule has 0 saturated heterocycles. The van der Waals surface area contributed by atoms with Crippen LogP contribution in [0.25, 0.3) is 0 Å². The molecule has 6 atom stereocenters. The number of fused-ring (bicyclic) bond motifs is 2. The Morgan fingerprint density at radius 3 is 2.38 bits per heavy atom. The molecule has 1 saturated carbocycles. The van der Waals surface area contributed by atoms with Crippen LogP contribution in [0.4, 0.5) is 0 Å². The van der Waals surface area contributed by atoms with Gasteiger partial charge >= 0.3 is 0 Å². The van der Waals surface area contributed by atoms with Gasteiger partial charge in [-0.05, 0) is 68.1 Å². The normalized spacial score (nSPS) is 50.1. The largest absolute Gasteiger partial charge is 0.386 e. The fourth-order valence-corrected chi connectivity index (χ4v) is 4.96. The van der Waals surface area contributed by atoms with Crippen LogP contribution >= 0.6 is 0 Å². The molecule has 3 aliphatic carbocycles. The lowest BCUT2D eigenvalue weighted by Crippen LogP contribution is -2.43. The van der Waals surface area contributed by atoms with Gasteiger partial charge in [0.05, 0.1) is 11.7 Å². The van der Waals surface area contributed by atoms with E-state index in [2.05, 4.69) is 13.8 Å². The molecule has 4 nitrogen and oxygen atoms in total. The third-order valence-electron chi connectivity index (χ3n) is 6.75. The molecule has 134 valence electrons. The number of hydrogen-bond donors (Lipinski definition) is 3. The van der Waals surface area contributed by atoms with Crippen molar-refractivity contribution in [3.8, 4) is 0 Å². The monoisotopic (exact) mass is 334 g/mol. The lowest BCUT2D eigenvalue weighted by Gasteiger charge is -2.29. The molecule has 24 heavy (non-hydrogen) atoms. The van der Waals surface area contributed by atoms with E-state index in [9.17, 15) is 20.1 Å². The summed E-state index contributed by atoms with van der Waals surface area (Å²) in [6.07, 6.45) is 4.17. The van der Waals surface area contributed by atoms with Crippen molar-refractivity contribution >= 4 is 5.78 Å². The predicted molar refractivity (Wildman–Crippen MR) is 92.2 cm³/mol. The molecule has 0 aromatic carbocycles. The van der Waals surface area contributed by atoms with Crippen molar-refractivity contribution in [1.29, 1.82) is 0 Å². The Morgan fingerprint density at radius 2 is 1.75 bits per heavy atom. The second kappa shape index (κ2) is 5.26. The summed E-state index contributed by atoms with van der Waals surface area (Å²) in [7, 11) is 0. The van der Waals surface area contributed by atoms with Crippen LogP contribution in [0, 0.1) is 23.2 Å². The maximum atomic E-state index is 13.0. The van der Waals surface area contributed by atoms with Crippen molar-refractivity contribution in [3.05, 3.63) is 23.3 Å². The first-order valence-electron chi connectivity index (χ1n) is 9.00. The molecule has 0 aromatic heterocycles. The highest BCUT2D eigenvalue weighted by atomic mass is 16.3. The summed E-state index contributed by atoms with van der Waals surface area (Å²) in [5, 5.41) is 32.3. The number of carbonyl (C=O) groups excluding carboxylic acids is 1. The molecule has 0 unspecified atom stereocenters. The van der Waals surface area contributed by atoms with Gasteiger partial charge < -0.3 is 15.3 Å². The fourth-order valence-electron chi connectivity index (χ4n) is 4.96. The summed E-state index contributed by atoms with van der Waals surface area (Å²) in [5.41, 5.74) is -2.00. The zero-order valence-corrected chi connectivity index (χ0v) is 15.3. The fraction of sp³-hybridized carbons (Fsp3) is 0.750. The van der Waals surface area contributed by atoms with Gasteiger partial charge in [-0.25, -0.2) is 0 Å². The van der Waals surface area contributed by atoms with E-state index in [1.165, 1.54) is 12.2 Å². The highest BCUT2D eigenvalue weighted by Gasteiger charge is 2.59. The Labute approximate surface area is 144 Å². The quantitative estimate of drug-likeness (QED) is 0.594. The number of Topliss-reactive ketones (excluding diaryl/α,β-unsaturated/α-hetero) is 1. The van der Waals surface area contributed by atoms with Crippen molar-refractivity contribution in [2.24, 2.45) is 23.2 Å². The molecule has 0 spiro atoms. The number of rotatable bonds is 0. The predicted octanol–water partition coefficient (Wildman–Crippen LogP) is 2.38. The van der Waals surface area contributed by atoms with Crippen LogP contribution in [0.2, 0.25) is 0 Å². The third kappa shape index (κ3) is 2.59. The van der Waals surface area contributed by atoms with E-state index in [-0.39, 0.29) is 22.7 Å². The molecule has 0 radical (unpaired) electrons. The molecule has 0 heterocycles. The molecule has 4 heteroatoms. The van der Waals surface area contributed by atoms with Gasteiger partial charge in [-0.2, -0.15) is 0 Å². The van der Waals surface area contributed by atoms with Crippen LogP contribution in [0.15, 0.2) is 23.3 Å². The van der Waals surface area contributed by atoms with Crippen molar-refractivity contribution in [1.82, 2.24) is 0 Å². The Hall–Kier alpha value is -0.970. The number of carbonyl (C=O) groups is 1. The lowest BCUT2D eigenvalue weighted by atomic mass is 9.81. The van der Waals surface area contributed by atoms with Crippen molar-refractivity contribution in [2.45, 2.75) is 71.2 Å². The topological polar surface area (TPSA) is 77.8 Å². The van der Waals surface area contributed by atoms with E-state index in [0.29, 0.717) is 23.8 Å². The summed E-state index contributed by atoms with van der Waals surface area (Å²) in [4.78, 5) is 13.0. The van der Waals surface area contributed by atoms with Crippen LogP contribution in [0.3, 0.4) is 0 Å². The molecule has 0 aromatic rings. The van der Waals surface area contributed by atoms with Gasteiger partial charge in [0.1, 0.15) is 0 Å². The van der Waals surface area contributed by atoms with E-state index in [4.69, 9.17) is 0 Å². The number of aliphatic hydroxyl groups is 3. The van der Waals surface area contributed by atoms with Crippen LogP contribution < -0.4 is 0 Å². The SMILES string of the molecule is CC1=C[C@@]2(O)C(=O)[C@@H](C)C[C@@H]3[C@H](CC[C@](C)(O)/C=C/2[C@@H]1O)C3(C)C. The van der Waals surface area contributed by atoms with Crippen LogP contribution in [-0.2, 0) is 4.79 Å². The zero-order chi connectivity index (χ0) is 18.1. The van der Waals surface area contributed by atoms with E-state index >= 15 is 0 Å². The minimum atomic E-state index is -1.80. The lowest BCUT2D eigenvalue weighted by molar-refractivity contribution is -0.134. The van der Waals surface area contributed by atoms with Gasteiger partial charge in [-0.1, -0.05) is 20.8 Å². The maximum absolute atomic E-state index is 13.0. The third-order valence-corrected chi connectivity index (χ3v) is 6.75. The smallest absolute Gasteiger partial charge is 0.175 e. The van der Waals surface area contributed by atoms with Crippen molar-refractivity contribution in [2.75, 3.05) is 0 Å². The van der Waals surface area contributed by atoms with E-state index in [1.807, 2.05) is 6.92 Å². The molecule has 3 rings (SSSR count). The Balaban J connectivity index is 2.05. The standard InChI is InChI=1S/C20H30O4/c1-11-8-14-13(18(14,3)4)6-7-19(5,23)10-15-16(21)12(2)9-20(15,24)17(11)22/h9-11,13-14,16,21,23-24H,6-8H2,1-5H3/b15-10+/t11-,13-,14+,16+,19-,20-/m0/s1. The van der Waals surface area contributed by atoms with Crippen LogP contribution in [0.5, 0.6) is 0 Å². The number of ketones is 1. The van der Waals surface area contributed by atoms with Crippen molar-refractivity contribution in [3.63, 3.8) is 0 Å². The highest BCUT2D eigenvalue weighted by Crippen LogP contribution is 2.63. The highest BCUT2D eigenvalue weighted by molar-refractivity contribution is 5.96. The first-order chi connectivity index (χ1) is 10.9. The van der Waals surface area contributed by atoms with Gasteiger partial charge in [0.15, 0.2) is 11.4 Å². The minimum Gasteiger partial charge on any atom is -0.386 e. The second-order valence-corrected chi connectivity index (χ2v) is 9.09. The molecular formula is C20H30O4. The molecule has 3 aliphatic rings. The van der Waals surface area contributed by atoms with Gasteiger partial charge in [-0.3, -0.25) is 4.79 Å². The maximum Gasteiger partial charge on any atom is 0.175 e. The number of aliphatic hydroxyl groups excluding tert-OH is 1. The summed E-state index contributed by atoms with van der Waals surface area (Å²) >= 11 is 0. The summed E-state index contributed by atoms with van der Waals surface area (Å²) in [5.74, 6) is 0.370. The van der Waals surface area contributed by atoms with Crippen LogP contribution in [0.1, 0.15) is 53.9 Å². The average molecular weight is 334 g/mol. The Morgan fingerprint density at radius 1 is 1.12 bits per heavy atom. The zero-order valence-electron chi connectivity index (χ0n) is 15.3. The van der Waals surface area contributed by atoms with E-state index in [0.717, 1.165) is 12.8 Å². The molecule has 1 fully saturated rings. The molecule has 3 N–H and O–H groups in total. The van der Waals surface area contributed by atoms with E-state index in [1.54, 1.807) is 13.8 Å². The van der Waals surface area contributed by atoms with Gasteiger partial charge in [0.2, 0.25) is 0 Å². The Bertz CT molecular complexity index is 628. The van der Waals surface area contributed by atoms with E-state index < -0.39 is 17.3 Å². The van der Waals surface area contributed by atoms with Crippen molar-refractivity contribution < 1.29 is 20.1 Å². The summed E-state index contributed by atoms with van der Waals surface area (Å²) < 4.78 is 0. The molecule has 0 amide bonds. The Kier molecular flexibility index (Phi) is 3.91. The molecule has 0 aliphatic heterocycles. The second-order valence-electron chi connectivity index (χ2n) is 9.09. The molecular weight excluding hydrogens is 304 g/mol. The van der Waals surface area contributed by atoms with Gasteiger partial charge in [0, 0.05) is 11.5 Å². The first kappa shape index (κ1) is 17.8. The molecule has 0 bridgehead atoms. The number of hydrogen-bond acceptors (Lipinski definition) is 4. The minimum absolute atomic E-state index is 0.180. The average Bonchev–Trinajstić information content (AvgIpc) is 2.91.